The number of carbonyl (C=O) groups is 1. The Labute approximate surface area is 120 Å². The third-order valence-electron chi connectivity index (χ3n) is 4.73. The summed E-state index contributed by atoms with van der Waals surface area (Å²) in [6.07, 6.45) is 6.35. The maximum Gasteiger partial charge on any atom is 0.228 e. The van der Waals surface area contributed by atoms with Crippen molar-refractivity contribution in [3.63, 3.8) is 0 Å². The first kappa shape index (κ1) is 13.4. The number of hydrogen-bond donors (Lipinski definition) is 0. The van der Waals surface area contributed by atoms with E-state index in [1.807, 2.05) is 11.1 Å². The molecule has 1 aliphatic carbocycles. The minimum atomic E-state index is 0.205. The lowest BCUT2D eigenvalue weighted by Crippen LogP contribution is -2.38. The molecule has 0 N–H and O–H groups in total. The van der Waals surface area contributed by atoms with Crippen molar-refractivity contribution in [1.29, 1.82) is 0 Å². The Morgan fingerprint density at radius 3 is 2.70 bits per heavy atom. The number of hydrogen-bond acceptors (Lipinski definition) is 3. The molecule has 1 aliphatic heterocycles. The van der Waals surface area contributed by atoms with Crippen molar-refractivity contribution in [2.45, 2.75) is 45.6 Å². The van der Waals surface area contributed by atoms with Gasteiger partial charge in [-0.05, 0) is 38.2 Å². The van der Waals surface area contributed by atoms with Crippen LogP contribution in [0.25, 0.3) is 0 Å². The summed E-state index contributed by atoms with van der Waals surface area (Å²) in [7, 11) is 2.16. The Kier molecular flexibility index (Phi) is 3.40. The Balaban J connectivity index is 1.91. The third-order valence-corrected chi connectivity index (χ3v) is 4.73. The lowest BCUT2D eigenvalue weighted by atomic mass is 9.91. The van der Waals surface area contributed by atoms with Crippen LogP contribution < -0.4 is 9.80 Å². The van der Waals surface area contributed by atoms with E-state index in [-0.39, 0.29) is 5.91 Å². The molecule has 4 heteroatoms. The lowest BCUT2D eigenvalue weighted by Gasteiger charge is -2.37. The summed E-state index contributed by atoms with van der Waals surface area (Å²) in [5.41, 5.74) is 2.34. The maximum absolute atomic E-state index is 12.1. The molecule has 2 heterocycles. The van der Waals surface area contributed by atoms with Gasteiger partial charge in [0.15, 0.2) is 0 Å². The Morgan fingerprint density at radius 1 is 1.40 bits per heavy atom. The van der Waals surface area contributed by atoms with Crippen molar-refractivity contribution in [3.8, 4) is 0 Å². The highest BCUT2D eigenvalue weighted by Gasteiger charge is 2.31. The summed E-state index contributed by atoms with van der Waals surface area (Å²) < 4.78 is 0. The monoisotopic (exact) mass is 273 g/mol. The first-order valence-corrected chi connectivity index (χ1v) is 7.56. The van der Waals surface area contributed by atoms with Crippen LogP contribution in [0.5, 0.6) is 0 Å². The third kappa shape index (κ3) is 2.17. The second-order valence-corrected chi connectivity index (χ2v) is 6.29. The van der Waals surface area contributed by atoms with Crippen LogP contribution in [0.15, 0.2) is 12.3 Å². The van der Waals surface area contributed by atoms with Crippen molar-refractivity contribution >= 4 is 17.4 Å². The van der Waals surface area contributed by atoms with E-state index in [1.54, 1.807) is 0 Å². The molecule has 2 fully saturated rings. The fourth-order valence-electron chi connectivity index (χ4n) is 3.23. The number of carbonyl (C=O) groups excluding carboxylic acids is 1. The average molecular weight is 273 g/mol. The molecule has 0 aromatic carbocycles. The topological polar surface area (TPSA) is 36.4 Å². The average Bonchev–Trinajstić information content (AvgIpc) is 2.66. The molecule has 0 bridgehead atoms. The van der Waals surface area contributed by atoms with Crippen LogP contribution in [0, 0.1) is 12.8 Å². The maximum atomic E-state index is 12.1. The highest BCUT2D eigenvalue weighted by Crippen LogP contribution is 2.34. The first-order valence-electron chi connectivity index (χ1n) is 7.56. The van der Waals surface area contributed by atoms with Crippen molar-refractivity contribution in [3.05, 3.63) is 17.8 Å². The van der Waals surface area contributed by atoms with Crippen LogP contribution in [-0.4, -0.2) is 30.5 Å². The summed E-state index contributed by atoms with van der Waals surface area (Å²) in [6.45, 7) is 5.00. The van der Waals surface area contributed by atoms with Crippen LogP contribution in [0.3, 0.4) is 0 Å². The Morgan fingerprint density at radius 2 is 2.15 bits per heavy atom. The highest BCUT2D eigenvalue weighted by atomic mass is 16.2. The van der Waals surface area contributed by atoms with E-state index in [0.717, 1.165) is 17.9 Å². The molecular formula is C16H23N3O. The molecule has 1 aromatic heterocycles. The number of nitrogens with zero attached hydrogens (tertiary/aromatic N) is 3. The van der Waals surface area contributed by atoms with Gasteiger partial charge in [-0.25, -0.2) is 4.98 Å². The van der Waals surface area contributed by atoms with Gasteiger partial charge in [-0.3, -0.25) is 9.69 Å². The van der Waals surface area contributed by atoms with Gasteiger partial charge in [-0.1, -0.05) is 6.92 Å². The molecule has 1 aromatic rings. The van der Waals surface area contributed by atoms with E-state index in [1.165, 1.54) is 24.9 Å². The van der Waals surface area contributed by atoms with E-state index in [9.17, 15) is 4.79 Å². The highest BCUT2D eigenvalue weighted by molar-refractivity contribution is 5.96. The Hall–Kier alpha value is -1.58. The van der Waals surface area contributed by atoms with Gasteiger partial charge in [0, 0.05) is 43.5 Å². The summed E-state index contributed by atoms with van der Waals surface area (Å²) in [5, 5.41) is 0. The number of anilines is 2. The Bertz CT molecular complexity index is 524. The molecule has 1 amide bonds. The number of rotatable bonds is 3. The van der Waals surface area contributed by atoms with E-state index in [2.05, 4.69) is 36.8 Å². The van der Waals surface area contributed by atoms with Gasteiger partial charge in [0.2, 0.25) is 5.91 Å². The predicted octanol–water partition coefficient (Wildman–Crippen LogP) is 2.75. The van der Waals surface area contributed by atoms with Crippen LogP contribution >= 0.6 is 0 Å². The summed E-state index contributed by atoms with van der Waals surface area (Å²) in [5.74, 6) is 1.48. The van der Waals surface area contributed by atoms with Crippen molar-refractivity contribution in [2.24, 2.45) is 5.92 Å². The molecule has 0 radical (unpaired) electrons. The molecule has 2 aliphatic rings. The van der Waals surface area contributed by atoms with E-state index < -0.39 is 0 Å². The number of amides is 1. The second kappa shape index (κ2) is 5.08. The molecule has 1 saturated heterocycles. The fourth-order valence-corrected chi connectivity index (χ4v) is 3.23. The summed E-state index contributed by atoms with van der Waals surface area (Å²) in [4.78, 5) is 20.8. The van der Waals surface area contributed by atoms with Crippen LogP contribution in [-0.2, 0) is 4.79 Å². The van der Waals surface area contributed by atoms with Gasteiger partial charge in [0.25, 0.3) is 0 Å². The smallest absolute Gasteiger partial charge is 0.228 e. The standard InChI is InChI=1S/C16H23N3O/c1-11-9-15(20)19(10-11)16-12(2)14(7-8-17-16)18(3)13-5-4-6-13/h7-8,11,13H,4-6,9-10H2,1-3H3. The van der Waals surface area contributed by atoms with Gasteiger partial charge >= 0.3 is 0 Å². The molecule has 108 valence electrons. The van der Waals surface area contributed by atoms with Crippen molar-refractivity contribution < 1.29 is 4.79 Å². The van der Waals surface area contributed by atoms with Crippen molar-refractivity contribution in [1.82, 2.24) is 4.98 Å². The van der Waals surface area contributed by atoms with Crippen LogP contribution in [0.2, 0.25) is 0 Å². The first-order chi connectivity index (χ1) is 9.58. The molecule has 1 saturated carbocycles. The molecule has 1 unspecified atom stereocenters. The largest absolute Gasteiger partial charge is 0.371 e. The molecule has 1 atom stereocenters. The fraction of sp³-hybridized carbons (Fsp3) is 0.625. The zero-order valence-electron chi connectivity index (χ0n) is 12.6. The quantitative estimate of drug-likeness (QED) is 0.849. The van der Waals surface area contributed by atoms with E-state index >= 15 is 0 Å². The van der Waals surface area contributed by atoms with E-state index in [4.69, 9.17) is 0 Å². The molecule has 4 nitrogen and oxygen atoms in total. The minimum absolute atomic E-state index is 0.205. The normalized spacial score (nSPS) is 23.1. The summed E-state index contributed by atoms with van der Waals surface area (Å²) >= 11 is 0. The van der Waals surface area contributed by atoms with Gasteiger partial charge in [-0.2, -0.15) is 0 Å². The van der Waals surface area contributed by atoms with Gasteiger partial charge in [0.05, 0.1) is 0 Å². The minimum Gasteiger partial charge on any atom is -0.371 e. The number of aromatic nitrogens is 1. The SMILES string of the molecule is Cc1c(N(C)C2CCC2)ccnc1N1CC(C)CC1=O. The zero-order valence-corrected chi connectivity index (χ0v) is 12.6. The van der Waals surface area contributed by atoms with Crippen LogP contribution in [0.1, 0.15) is 38.2 Å². The van der Waals surface area contributed by atoms with Gasteiger partial charge < -0.3 is 4.90 Å². The van der Waals surface area contributed by atoms with Crippen molar-refractivity contribution in [2.75, 3.05) is 23.4 Å². The molecule has 0 spiro atoms. The summed E-state index contributed by atoms with van der Waals surface area (Å²) in [6, 6.07) is 2.72. The van der Waals surface area contributed by atoms with E-state index in [0.29, 0.717) is 18.4 Å². The molecule has 3 rings (SSSR count). The van der Waals surface area contributed by atoms with Crippen LogP contribution in [0.4, 0.5) is 11.5 Å². The number of pyridine rings is 1. The molecule has 20 heavy (non-hydrogen) atoms. The van der Waals surface area contributed by atoms with Gasteiger partial charge in [-0.15, -0.1) is 0 Å². The predicted molar refractivity (Wildman–Crippen MR) is 81.2 cm³/mol. The zero-order chi connectivity index (χ0) is 14.3. The molecular weight excluding hydrogens is 250 g/mol. The van der Waals surface area contributed by atoms with Gasteiger partial charge in [0.1, 0.15) is 5.82 Å². The second-order valence-electron chi connectivity index (χ2n) is 6.29. The lowest BCUT2D eigenvalue weighted by molar-refractivity contribution is -0.117.